The highest BCUT2D eigenvalue weighted by atomic mass is 32.2. The smallest absolute Gasteiger partial charge is 0.370 e. The number of hydrogen-bond acceptors (Lipinski definition) is 8. The number of carboxylic acid groups (broad SMARTS) is 1. The quantitative estimate of drug-likeness (QED) is 0.393. The van der Waals surface area contributed by atoms with Crippen LogP contribution in [0.4, 0.5) is 0 Å². The molecule has 0 bridgehead atoms. The highest BCUT2D eigenvalue weighted by Crippen LogP contribution is 2.36. The SMILES string of the molecule is COc1ccc(S(=O)(=O)N(CCO)CCO[C@@H]2C[C@H](c3coc4ccccc34)C=C(C(=O)O)O2)cc1. The number of carbonyl (C=O) groups is 1. The van der Waals surface area contributed by atoms with Gasteiger partial charge in [-0.15, -0.1) is 0 Å². The monoisotopic (exact) mass is 517 g/mol. The number of benzene rings is 2. The second-order valence-corrected chi connectivity index (χ2v) is 10.0. The largest absolute Gasteiger partial charge is 0.497 e. The van der Waals surface area contributed by atoms with E-state index in [1.165, 1.54) is 37.5 Å². The van der Waals surface area contributed by atoms with Crippen LogP contribution in [-0.2, 0) is 24.3 Å². The van der Waals surface area contributed by atoms with E-state index in [1.807, 2.05) is 24.3 Å². The Hall–Kier alpha value is -3.38. The molecule has 0 aliphatic carbocycles. The second-order valence-electron chi connectivity index (χ2n) is 8.09. The van der Waals surface area contributed by atoms with Gasteiger partial charge in [-0.25, -0.2) is 13.2 Å². The highest BCUT2D eigenvalue weighted by molar-refractivity contribution is 7.89. The number of allylic oxidation sites excluding steroid dienone is 1. The molecule has 1 aliphatic rings. The fourth-order valence-electron chi connectivity index (χ4n) is 4.06. The van der Waals surface area contributed by atoms with Gasteiger partial charge in [-0.2, -0.15) is 4.31 Å². The van der Waals surface area contributed by atoms with E-state index in [1.54, 1.807) is 6.26 Å². The van der Waals surface area contributed by atoms with Crippen molar-refractivity contribution in [3.8, 4) is 5.75 Å². The number of nitrogens with zero attached hydrogens (tertiary/aromatic N) is 1. The Kier molecular flexibility index (Phi) is 7.94. The normalized spacial score (nSPS) is 18.1. The van der Waals surface area contributed by atoms with Crippen LogP contribution in [0.25, 0.3) is 11.0 Å². The number of sulfonamides is 1. The molecule has 2 heterocycles. The van der Waals surface area contributed by atoms with Crippen molar-refractivity contribution in [2.24, 2.45) is 0 Å². The van der Waals surface area contributed by atoms with Gasteiger partial charge in [0.1, 0.15) is 11.3 Å². The topological polar surface area (TPSA) is 136 Å². The third kappa shape index (κ3) is 5.54. The van der Waals surface area contributed by atoms with Crippen LogP contribution in [0.2, 0.25) is 0 Å². The third-order valence-corrected chi connectivity index (χ3v) is 7.78. The minimum Gasteiger partial charge on any atom is -0.497 e. The lowest BCUT2D eigenvalue weighted by molar-refractivity contribution is -0.157. The van der Waals surface area contributed by atoms with E-state index >= 15 is 0 Å². The van der Waals surface area contributed by atoms with Gasteiger partial charge < -0.3 is 28.8 Å². The van der Waals surface area contributed by atoms with Crippen LogP contribution in [0.1, 0.15) is 17.9 Å². The first kappa shape index (κ1) is 25.7. The maximum atomic E-state index is 13.1. The van der Waals surface area contributed by atoms with E-state index in [0.717, 1.165) is 15.3 Å². The van der Waals surface area contributed by atoms with E-state index in [-0.39, 0.29) is 42.9 Å². The van der Waals surface area contributed by atoms with Gasteiger partial charge in [0.05, 0.1) is 31.5 Å². The number of para-hydroxylation sites is 1. The molecule has 192 valence electrons. The predicted octanol–water partition coefficient (Wildman–Crippen LogP) is 2.94. The van der Waals surface area contributed by atoms with Crippen molar-refractivity contribution >= 4 is 27.0 Å². The van der Waals surface area contributed by atoms with E-state index < -0.39 is 22.3 Å². The number of aliphatic hydroxyl groups excluding tert-OH is 1. The van der Waals surface area contributed by atoms with Crippen LogP contribution >= 0.6 is 0 Å². The molecule has 0 unspecified atom stereocenters. The number of rotatable bonds is 11. The summed E-state index contributed by atoms with van der Waals surface area (Å²) < 4.78 is 49.2. The maximum absolute atomic E-state index is 13.1. The zero-order valence-electron chi connectivity index (χ0n) is 19.6. The standard InChI is InChI=1S/C25H27NO9S/c1-32-18-6-8-19(9-7-18)36(30,31)26(10-12-27)11-13-33-24-15-17(14-23(35-24)25(28)29)21-16-34-22-5-3-2-4-20(21)22/h2-9,14,16-17,24,27H,10-13,15H2,1H3,(H,28,29)/t17-,24+/m1/s1. The van der Waals surface area contributed by atoms with Gasteiger partial charge in [-0.1, -0.05) is 18.2 Å². The average molecular weight is 518 g/mol. The molecule has 2 aromatic carbocycles. The molecule has 36 heavy (non-hydrogen) atoms. The molecule has 0 amide bonds. The van der Waals surface area contributed by atoms with Crippen molar-refractivity contribution in [3.63, 3.8) is 0 Å². The average Bonchev–Trinajstić information content (AvgIpc) is 3.32. The first-order valence-corrected chi connectivity index (χ1v) is 12.7. The zero-order chi connectivity index (χ0) is 25.7. The number of aliphatic hydroxyl groups is 1. The van der Waals surface area contributed by atoms with Gasteiger partial charge in [-0.05, 0) is 36.4 Å². The zero-order valence-corrected chi connectivity index (χ0v) is 20.4. The molecule has 4 rings (SSSR count). The number of fused-ring (bicyclic) bond motifs is 1. The van der Waals surface area contributed by atoms with Crippen molar-refractivity contribution < 1.29 is 42.1 Å². The highest BCUT2D eigenvalue weighted by Gasteiger charge is 2.31. The molecule has 0 radical (unpaired) electrons. The van der Waals surface area contributed by atoms with Crippen molar-refractivity contribution in [3.05, 3.63) is 72.2 Å². The molecule has 1 aliphatic heterocycles. The van der Waals surface area contributed by atoms with Crippen LogP contribution in [0.15, 0.2) is 75.9 Å². The van der Waals surface area contributed by atoms with Crippen molar-refractivity contribution in [2.45, 2.75) is 23.5 Å². The number of carboxylic acids is 1. The van der Waals surface area contributed by atoms with Gasteiger partial charge in [0, 0.05) is 36.4 Å². The summed E-state index contributed by atoms with van der Waals surface area (Å²) in [5, 5.41) is 19.8. The lowest BCUT2D eigenvalue weighted by Gasteiger charge is -2.29. The minimum absolute atomic E-state index is 0.0497. The molecule has 11 heteroatoms. The number of furan rings is 1. The number of ether oxygens (including phenoxy) is 3. The van der Waals surface area contributed by atoms with Crippen molar-refractivity contribution in [2.75, 3.05) is 33.4 Å². The second kappa shape index (κ2) is 11.1. The summed E-state index contributed by atoms with van der Waals surface area (Å²) in [7, 11) is -2.42. The van der Waals surface area contributed by atoms with Gasteiger partial charge in [-0.3, -0.25) is 0 Å². The summed E-state index contributed by atoms with van der Waals surface area (Å²) in [5.74, 6) is -1.30. The lowest BCUT2D eigenvalue weighted by atomic mass is 9.92. The molecule has 2 atom stereocenters. The number of methoxy groups -OCH3 is 1. The Labute approximate surface area is 208 Å². The van der Waals surface area contributed by atoms with E-state index in [0.29, 0.717) is 17.8 Å². The molecule has 2 N–H and O–H groups in total. The maximum Gasteiger partial charge on any atom is 0.370 e. The van der Waals surface area contributed by atoms with Gasteiger partial charge in [0.25, 0.3) is 0 Å². The number of hydrogen-bond donors (Lipinski definition) is 2. The molecule has 3 aromatic rings. The molecule has 1 aromatic heterocycles. The van der Waals surface area contributed by atoms with Crippen LogP contribution in [-0.4, -0.2) is 68.6 Å². The Morgan fingerprint density at radius 1 is 1.14 bits per heavy atom. The van der Waals surface area contributed by atoms with Gasteiger partial charge in [0.15, 0.2) is 0 Å². The van der Waals surface area contributed by atoms with Crippen LogP contribution in [0.5, 0.6) is 5.75 Å². The Bertz CT molecular complexity index is 1330. The molecule has 0 fully saturated rings. The van der Waals surface area contributed by atoms with Crippen LogP contribution < -0.4 is 4.74 Å². The fourth-order valence-corrected chi connectivity index (χ4v) is 5.47. The summed E-state index contributed by atoms with van der Waals surface area (Å²) >= 11 is 0. The summed E-state index contributed by atoms with van der Waals surface area (Å²) in [4.78, 5) is 11.7. The first-order valence-electron chi connectivity index (χ1n) is 11.3. The summed E-state index contributed by atoms with van der Waals surface area (Å²) in [5.41, 5.74) is 1.50. The van der Waals surface area contributed by atoms with Crippen molar-refractivity contribution in [1.29, 1.82) is 0 Å². The molecule has 0 saturated carbocycles. The third-order valence-electron chi connectivity index (χ3n) is 5.87. The Balaban J connectivity index is 1.46. The molecular formula is C25H27NO9S. The Morgan fingerprint density at radius 2 is 1.89 bits per heavy atom. The van der Waals surface area contributed by atoms with E-state index in [9.17, 15) is 23.4 Å². The predicted molar refractivity (Wildman–Crippen MR) is 129 cm³/mol. The van der Waals surface area contributed by atoms with Crippen molar-refractivity contribution in [1.82, 2.24) is 4.31 Å². The van der Waals surface area contributed by atoms with Crippen LogP contribution in [0, 0.1) is 0 Å². The molecule has 10 nitrogen and oxygen atoms in total. The van der Waals surface area contributed by atoms with E-state index in [4.69, 9.17) is 18.6 Å². The van der Waals surface area contributed by atoms with E-state index in [2.05, 4.69) is 0 Å². The molecular weight excluding hydrogens is 490 g/mol. The summed E-state index contributed by atoms with van der Waals surface area (Å²) in [6.45, 7) is -0.657. The van der Waals surface area contributed by atoms with Crippen LogP contribution in [0.3, 0.4) is 0 Å². The molecule has 0 saturated heterocycles. The summed E-state index contributed by atoms with van der Waals surface area (Å²) in [6, 6.07) is 13.4. The molecule has 0 spiro atoms. The first-order chi connectivity index (χ1) is 17.3. The summed E-state index contributed by atoms with van der Waals surface area (Å²) in [6.07, 6.45) is 2.51. The number of aliphatic carboxylic acids is 1. The van der Waals surface area contributed by atoms with Gasteiger partial charge >= 0.3 is 5.97 Å². The van der Waals surface area contributed by atoms with Gasteiger partial charge in [0.2, 0.25) is 22.1 Å². The lowest BCUT2D eigenvalue weighted by Crippen LogP contribution is -2.37. The fraction of sp³-hybridized carbons (Fsp3) is 0.320. The Morgan fingerprint density at radius 3 is 2.58 bits per heavy atom. The minimum atomic E-state index is -3.91.